The lowest BCUT2D eigenvalue weighted by Crippen LogP contribution is -2.04. The van der Waals surface area contributed by atoms with Gasteiger partial charge in [0.15, 0.2) is 5.75 Å². The number of fused-ring (bicyclic) bond motifs is 2. The molecule has 0 atom stereocenters. The van der Waals surface area contributed by atoms with Crippen molar-refractivity contribution in [1.29, 1.82) is 0 Å². The van der Waals surface area contributed by atoms with Crippen LogP contribution in [0.5, 0.6) is 5.75 Å². The number of esters is 1. The summed E-state index contributed by atoms with van der Waals surface area (Å²) >= 11 is 7.82. The van der Waals surface area contributed by atoms with Crippen molar-refractivity contribution in [2.45, 2.75) is 13.5 Å². The Morgan fingerprint density at radius 1 is 1.32 bits per heavy atom. The number of rotatable bonds is 5. The van der Waals surface area contributed by atoms with Crippen LogP contribution >= 0.6 is 22.9 Å². The van der Waals surface area contributed by atoms with Gasteiger partial charge in [0.1, 0.15) is 16.2 Å². The van der Waals surface area contributed by atoms with E-state index >= 15 is 0 Å². The maximum absolute atomic E-state index is 12.6. The fourth-order valence-corrected chi connectivity index (χ4v) is 4.72. The van der Waals surface area contributed by atoms with E-state index in [9.17, 15) is 4.79 Å². The van der Waals surface area contributed by atoms with Crippen LogP contribution in [0.4, 0.5) is 0 Å². The van der Waals surface area contributed by atoms with Crippen LogP contribution in [0.1, 0.15) is 22.2 Å². The van der Waals surface area contributed by atoms with Crippen LogP contribution in [-0.2, 0) is 11.3 Å². The summed E-state index contributed by atoms with van der Waals surface area (Å²) < 4.78 is 11.7. The van der Waals surface area contributed by atoms with E-state index in [0.717, 1.165) is 21.2 Å². The zero-order chi connectivity index (χ0) is 19.8. The fraction of sp³-hybridized carbons (Fsp3) is 0.200. The van der Waals surface area contributed by atoms with E-state index in [1.54, 1.807) is 20.1 Å². The molecule has 0 saturated carbocycles. The van der Waals surface area contributed by atoms with Crippen molar-refractivity contribution in [3.8, 4) is 17.1 Å². The highest BCUT2D eigenvalue weighted by Crippen LogP contribution is 2.42. The van der Waals surface area contributed by atoms with Crippen LogP contribution in [0.3, 0.4) is 0 Å². The Hall–Kier alpha value is -2.61. The molecule has 28 heavy (non-hydrogen) atoms. The van der Waals surface area contributed by atoms with Crippen molar-refractivity contribution in [3.05, 3.63) is 45.8 Å². The van der Waals surface area contributed by atoms with Gasteiger partial charge in [0.05, 0.1) is 29.8 Å². The Kier molecular flexibility index (Phi) is 4.97. The third-order valence-electron chi connectivity index (χ3n) is 4.48. The van der Waals surface area contributed by atoms with E-state index in [1.165, 1.54) is 11.3 Å². The van der Waals surface area contributed by atoms with Crippen molar-refractivity contribution < 1.29 is 14.3 Å². The quantitative estimate of drug-likeness (QED) is 0.459. The van der Waals surface area contributed by atoms with Gasteiger partial charge in [-0.1, -0.05) is 23.7 Å². The molecule has 0 radical (unpaired) electrons. The van der Waals surface area contributed by atoms with Gasteiger partial charge in [-0.3, -0.25) is 0 Å². The van der Waals surface area contributed by atoms with Crippen LogP contribution in [0.15, 0.2) is 30.3 Å². The molecule has 144 valence electrons. The zero-order valence-electron chi connectivity index (χ0n) is 15.3. The second-order valence-corrected chi connectivity index (χ2v) is 7.54. The van der Waals surface area contributed by atoms with Gasteiger partial charge in [-0.25, -0.2) is 9.78 Å². The van der Waals surface area contributed by atoms with Gasteiger partial charge in [0, 0.05) is 22.2 Å². The molecule has 8 heteroatoms. The van der Waals surface area contributed by atoms with Gasteiger partial charge in [-0.2, -0.15) is 0 Å². The van der Waals surface area contributed by atoms with Gasteiger partial charge >= 0.3 is 5.97 Å². The minimum atomic E-state index is -0.398. The zero-order valence-corrected chi connectivity index (χ0v) is 16.9. The van der Waals surface area contributed by atoms with Gasteiger partial charge in [0.2, 0.25) is 0 Å². The first kappa shape index (κ1) is 18.7. The smallest absolute Gasteiger partial charge is 0.349 e. The van der Waals surface area contributed by atoms with E-state index in [4.69, 9.17) is 31.8 Å². The molecule has 0 unspecified atom stereocenters. The van der Waals surface area contributed by atoms with Crippen molar-refractivity contribution in [3.63, 3.8) is 0 Å². The molecule has 0 fully saturated rings. The highest BCUT2D eigenvalue weighted by Gasteiger charge is 2.25. The number of carbonyl (C=O) groups excluding carboxylic acids is 1. The van der Waals surface area contributed by atoms with Crippen LogP contribution in [0.2, 0.25) is 5.02 Å². The first-order valence-corrected chi connectivity index (χ1v) is 9.92. The molecule has 3 N–H and O–H groups in total. The summed E-state index contributed by atoms with van der Waals surface area (Å²) in [6, 6.07) is 9.37. The molecule has 0 bridgehead atoms. The Morgan fingerprint density at radius 2 is 2.14 bits per heavy atom. The summed E-state index contributed by atoms with van der Waals surface area (Å²) in [6.45, 7) is 2.40. The second-order valence-electron chi connectivity index (χ2n) is 6.08. The van der Waals surface area contributed by atoms with Gasteiger partial charge in [-0.15, -0.1) is 11.3 Å². The van der Waals surface area contributed by atoms with E-state index < -0.39 is 5.97 Å². The topological polar surface area (TPSA) is 90.2 Å². The molecule has 0 aliphatic carbocycles. The number of methoxy groups -OCH3 is 1. The maximum Gasteiger partial charge on any atom is 0.349 e. The summed E-state index contributed by atoms with van der Waals surface area (Å²) in [6.07, 6.45) is 0. The summed E-state index contributed by atoms with van der Waals surface area (Å²) in [4.78, 5) is 21.1. The van der Waals surface area contributed by atoms with E-state index in [2.05, 4.69) is 4.98 Å². The predicted molar refractivity (Wildman–Crippen MR) is 112 cm³/mol. The highest BCUT2D eigenvalue weighted by atomic mass is 35.5. The molecule has 2 aromatic carbocycles. The summed E-state index contributed by atoms with van der Waals surface area (Å²) in [5.41, 5.74) is 8.74. The fourth-order valence-electron chi connectivity index (χ4n) is 3.27. The number of aromatic amines is 1. The standard InChI is InChI=1S/C20H18ClN3O3S/c1-3-27-20(25)18-15(14-11(21)5-4-6-13(14)28-18)19-23-12-8-7-10(9-22)17(26-2)16(12)24-19/h4-8H,3,9,22H2,1-2H3,(H,23,24). The maximum atomic E-state index is 12.6. The average Bonchev–Trinajstić information content (AvgIpc) is 3.29. The minimum absolute atomic E-state index is 0.286. The van der Waals surface area contributed by atoms with E-state index in [1.807, 2.05) is 24.3 Å². The molecule has 2 heterocycles. The molecule has 4 rings (SSSR count). The van der Waals surface area contributed by atoms with Crippen molar-refractivity contribution >= 4 is 50.0 Å². The predicted octanol–water partition coefficient (Wildman–Crippen LogP) is 4.74. The van der Waals surface area contributed by atoms with Crippen molar-refractivity contribution in [2.24, 2.45) is 5.73 Å². The SMILES string of the molecule is CCOC(=O)c1sc2cccc(Cl)c2c1-c1nc2c(OC)c(CN)ccc2[nH]1. The molecule has 0 spiro atoms. The third kappa shape index (κ3) is 2.92. The highest BCUT2D eigenvalue weighted by molar-refractivity contribution is 7.21. The van der Waals surface area contributed by atoms with E-state index in [0.29, 0.717) is 39.1 Å². The number of nitrogens with one attached hydrogen (secondary N) is 1. The summed E-state index contributed by atoms with van der Waals surface area (Å²) in [5, 5.41) is 1.32. The Bertz CT molecular complexity index is 1200. The van der Waals surface area contributed by atoms with Gasteiger partial charge in [-0.05, 0) is 25.1 Å². The lowest BCUT2D eigenvalue weighted by Gasteiger charge is -2.06. The normalized spacial score (nSPS) is 11.3. The number of benzene rings is 2. The summed E-state index contributed by atoms with van der Waals surface area (Å²) in [5.74, 6) is 0.750. The number of imidazole rings is 1. The molecule has 0 aliphatic heterocycles. The van der Waals surface area contributed by atoms with Crippen LogP contribution in [0.25, 0.3) is 32.5 Å². The number of halogens is 1. The molecule has 0 saturated heterocycles. The minimum Gasteiger partial charge on any atom is -0.494 e. The van der Waals surface area contributed by atoms with Crippen LogP contribution < -0.4 is 10.5 Å². The molecular weight excluding hydrogens is 398 g/mol. The van der Waals surface area contributed by atoms with Crippen LogP contribution in [0, 0.1) is 0 Å². The second kappa shape index (κ2) is 7.43. The molecule has 0 amide bonds. The third-order valence-corrected chi connectivity index (χ3v) is 5.93. The lowest BCUT2D eigenvalue weighted by atomic mass is 10.1. The Balaban J connectivity index is 2.03. The summed E-state index contributed by atoms with van der Waals surface area (Å²) in [7, 11) is 1.59. The molecule has 4 aromatic rings. The average molecular weight is 416 g/mol. The molecular formula is C20H18ClN3O3S. The Labute approximate surface area is 170 Å². The number of H-pyrrole nitrogens is 1. The van der Waals surface area contributed by atoms with Gasteiger partial charge < -0.3 is 20.2 Å². The number of hydrogen-bond acceptors (Lipinski definition) is 6. The van der Waals surface area contributed by atoms with Gasteiger partial charge in [0.25, 0.3) is 0 Å². The molecule has 2 aromatic heterocycles. The number of hydrogen-bond donors (Lipinski definition) is 2. The van der Waals surface area contributed by atoms with Crippen molar-refractivity contribution in [2.75, 3.05) is 13.7 Å². The first-order chi connectivity index (χ1) is 13.6. The number of thiophene rings is 1. The molecule has 6 nitrogen and oxygen atoms in total. The Morgan fingerprint density at radius 3 is 2.86 bits per heavy atom. The molecule has 0 aliphatic rings. The number of nitrogens with two attached hydrogens (primary N) is 1. The van der Waals surface area contributed by atoms with Crippen molar-refractivity contribution in [1.82, 2.24) is 9.97 Å². The first-order valence-electron chi connectivity index (χ1n) is 8.73. The lowest BCUT2D eigenvalue weighted by molar-refractivity contribution is 0.0533. The number of ether oxygens (including phenoxy) is 2. The monoisotopic (exact) mass is 415 g/mol. The van der Waals surface area contributed by atoms with Crippen LogP contribution in [-0.4, -0.2) is 29.7 Å². The number of carbonyl (C=O) groups is 1. The largest absolute Gasteiger partial charge is 0.494 e. The number of aromatic nitrogens is 2. The van der Waals surface area contributed by atoms with E-state index in [-0.39, 0.29) is 6.61 Å². The number of nitrogens with zero attached hydrogens (tertiary/aromatic N) is 1.